The Labute approximate surface area is 99.5 Å². The summed E-state index contributed by atoms with van der Waals surface area (Å²) >= 11 is 0. The summed E-state index contributed by atoms with van der Waals surface area (Å²) in [5, 5.41) is 0. The molecule has 17 heavy (non-hydrogen) atoms. The van der Waals surface area contributed by atoms with Crippen molar-refractivity contribution in [3.05, 3.63) is 29.1 Å². The first-order valence-corrected chi connectivity index (χ1v) is 5.30. The van der Waals surface area contributed by atoms with Crippen molar-refractivity contribution >= 4 is 11.7 Å². The zero-order valence-electron chi connectivity index (χ0n) is 10.1. The fraction of sp³-hybridized carbons (Fsp3) is 0.417. The van der Waals surface area contributed by atoms with Crippen LogP contribution in [-0.4, -0.2) is 19.7 Å². The van der Waals surface area contributed by atoms with Crippen molar-refractivity contribution in [2.45, 2.75) is 20.0 Å². The average molecular weight is 241 g/mol. The molecule has 0 fully saturated rings. The molecule has 1 aromatic carbocycles. The Balaban J connectivity index is 3.18. The van der Waals surface area contributed by atoms with Crippen molar-refractivity contribution in [1.29, 1.82) is 0 Å². The van der Waals surface area contributed by atoms with E-state index in [1.807, 2.05) is 6.92 Å². The third kappa shape index (κ3) is 2.94. The Kier molecular flexibility index (Phi) is 4.45. The van der Waals surface area contributed by atoms with Crippen LogP contribution in [0.5, 0.6) is 0 Å². The second-order valence-corrected chi connectivity index (χ2v) is 3.55. The molecule has 0 aliphatic heterocycles. The van der Waals surface area contributed by atoms with Gasteiger partial charge in [0.05, 0.1) is 18.8 Å². The quantitative estimate of drug-likeness (QED) is 0.649. The number of benzene rings is 1. The van der Waals surface area contributed by atoms with Crippen LogP contribution in [0.4, 0.5) is 10.1 Å². The molecule has 0 spiro atoms. The number of anilines is 1. The third-order valence-corrected chi connectivity index (χ3v) is 2.43. The van der Waals surface area contributed by atoms with Gasteiger partial charge in [-0.3, -0.25) is 0 Å². The lowest BCUT2D eigenvalue weighted by Gasteiger charge is -2.15. The molecule has 1 aromatic rings. The molecule has 2 N–H and O–H groups in total. The summed E-state index contributed by atoms with van der Waals surface area (Å²) in [5.41, 5.74) is 6.06. The van der Waals surface area contributed by atoms with Gasteiger partial charge in [-0.2, -0.15) is 0 Å². The Bertz CT molecular complexity index is 420. The van der Waals surface area contributed by atoms with Gasteiger partial charge in [-0.15, -0.1) is 0 Å². The molecule has 0 saturated heterocycles. The third-order valence-electron chi connectivity index (χ3n) is 2.43. The van der Waals surface area contributed by atoms with Crippen molar-refractivity contribution in [1.82, 2.24) is 0 Å². The molecule has 0 saturated carbocycles. The van der Waals surface area contributed by atoms with E-state index in [2.05, 4.69) is 4.74 Å². The Hall–Kier alpha value is -1.62. The van der Waals surface area contributed by atoms with Gasteiger partial charge in [0.15, 0.2) is 0 Å². The van der Waals surface area contributed by atoms with Crippen LogP contribution in [0.15, 0.2) is 12.1 Å². The summed E-state index contributed by atoms with van der Waals surface area (Å²) in [6, 6.07) is 2.48. The summed E-state index contributed by atoms with van der Waals surface area (Å²) in [6.45, 7) is 3.98. The summed E-state index contributed by atoms with van der Waals surface area (Å²) < 4.78 is 23.5. The highest BCUT2D eigenvalue weighted by molar-refractivity contribution is 5.95. The highest BCUT2D eigenvalue weighted by Crippen LogP contribution is 2.25. The van der Waals surface area contributed by atoms with Crippen molar-refractivity contribution in [3.8, 4) is 0 Å². The molecule has 1 atom stereocenters. The monoisotopic (exact) mass is 241 g/mol. The van der Waals surface area contributed by atoms with E-state index < -0.39 is 17.9 Å². The number of nitrogens with two attached hydrogens (primary N) is 1. The van der Waals surface area contributed by atoms with Crippen LogP contribution < -0.4 is 5.73 Å². The van der Waals surface area contributed by atoms with Crippen molar-refractivity contribution in [2.24, 2.45) is 0 Å². The molecular weight excluding hydrogens is 225 g/mol. The van der Waals surface area contributed by atoms with Gasteiger partial charge in [0.1, 0.15) is 5.82 Å². The minimum Gasteiger partial charge on any atom is -0.465 e. The number of nitrogen functional groups attached to an aromatic ring is 1. The molecule has 1 rings (SSSR count). The van der Waals surface area contributed by atoms with E-state index in [0.717, 1.165) is 6.07 Å². The highest BCUT2D eigenvalue weighted by Gasteiger charge is 2.18. The maximum Gasteiger partial charge on any atom is 0.339 e. The fourth-order valence-electron chi connectivity index (χ4n) is 1.54. The van der Waals surface area contributed by atoms with Crippen LogP contribution in [0.25, 0.3) is 0 Å². The highest BCUT2D eigenvalue weighted by atomic mass is 19.1. The summed E-state index contributed by atoms with van der Waals surface area (Å²) in [6.07, 6.45) is -0.441. The number of halogens is 1. The molecule has 0 aliphatic carbocycles. The van der Waals surface area contributed by atoms with E-state index in [1.165, 1.54) is 13.2 Å². The van der Waals surface area contributed by atoms with Gasteiger partial charge in [0.25, 0.3) is 0 Å². The number of methoxy groups -OCH3 is 1. The minimum absolute atomic E-state index is 0.0572. The van der Waals surface area contributed by atoms with Crippen molar-refractivity contribution in [2.75, 3.05) is 19.5 Å². The van der Waals surface area contributed by atoms with Crippen molar-refractivity contribution in [3.63, 3.8) is 0 Å². The van der Waals surface area contributed by atoms with Crippen LogP contribution in [-0.2, 0) is 9.47 Å². The van der Waals surface area contributed by atoms with Crippen molar-refractivity contribution < 1.29 is 18.7 Å². The lowest BCUT2D eigenvalue weighted by atomic mass is 10.0. The zero-order valence-corrected chi connectivity index (χ0v) is 10.1. The maximum atomic E-state index is 13.7. The number of carbonyl (C=O) groups is 1. The molecule has 0 aliphatic rings. The largest absolute Gasteiger partial charge is 0.465 e. The number of carbonyl (C=O) groups excluding carboxylic acids is 1. The first kappa shape index (κ1) is 13.4. The molecule has 0 amide bonds. The molecule has 94 valence electrons. The predicted molar refractivity (Wildman–Crippen MR) is 62.2 cm³/mol. The van der Waals surface area contributed by atoms with Gasteiger partial charge in [0, 0.05) is 17.9 Å². The molecule has 0 aromatic heterocycles. The van der Waals surface area contributed by atoms with E-state index in [4.69, 9.17) is 10.5 Å². The van der Waals surface area contributed by atoms with Crippen LogP contribution in [0.1, 0.15) is 35.9 Å². The molecule has 4 nitrogen and oxygen atoms in total. The number of esters is 1. The normalized spacial score (nSPS) is 12.2. The Morgan fingerprint density at radius 1 is 1.53 bits per heavy atom. The summed E-state index contributed by atoms with van der Waals surface area (Å²) in [5.74, 6) is -1.08. The lowest BCUT2D eigenvalue weighted by Crippen LogP contribution is -2.10. The van der Waals surface area contributed by atoms with Gasteiger partial charge in [-0.1, -0.05) is 0 Å². The SMILES string of the molecule is CCOC(C)c1cc(C(=O)OC)c(N)cc1F. The number of ether oxygens (including phenoxy) is 2. The van der Waals surface area contributed by atoms with Crippen LogP contribution in [0, 0.1) is 5.82 Å². The Morgan fingerprint density at radius 2 is 2.18 bits per heavy atom. The van der Waals surface area contributed by atoms with E-state index >= 15 is 0 Å². The maximum absolute atomic E-state index is 13.7. The van der Waals surface area contributed by atoms with Gasteiger partial charge >= 0.3 is 5.97 Å². The van der Waals surface area contributed by atoms with Gasteiger partial charge < -0.3 is 15.2 Å². The number of hydrogen-bond acceptors (Lipinski definition) is 4. The first-order valence-electron chi connectivity index (χ1n) is 5.30. The van der Waals surface area contributed by atoms with E-state index in [9.17, 15) is 9.18 Å². The van der Waals surface area contributed by atoms with E-state index in [1.54, 1.807) is 6.92 Å². The van der Waals surface area contributed by atoms with Crippen LogP contribution in [0.3, 0.4) is 0 Å². The minimum atomic E-state index is -0.590. The van der Waals surface area contributed by atoms with Crippen LogP contribution in [0.2, 0.25) is 0 Å². The molecule has 1 unspecified atom stereocenters. The topological polar surface area (TPSA) is 61.5 Å². The summed E-state index contributed by atoms with van der Waals surface area (Å²) in [7, 11) is 1.25. The fourth-order valence-corrected chi connectivity index (χ4v) is 1.54. The van der Waals surface area contributed by atoms with Gasteiger partial charge in [-0.25, -0.2) is 9.18 Å². The molecule has 5 heteroatoms. The molecular formula is C12H16FNO3. The smallest absolute Gasteiger partial charge is 0.339 e. The number of hydrogen-bond donors (Lipinski definition) is 1. The van der Waals surface area contributed by atoms with E-state index in [-0.39, 0.29) is 11.3 Å². The molecule has 0 radical (unpaired) electrons. The van der Waals surface area contributed by atoms with Crippen LogP contribution >= 0.6 is 0 Å². The van der Waals surface area contributed by atoms with E-state index in [0.29, 0.717) is 12.2 Å². The molecule has 0 heterocycles. The predicted octanol–water partition coefficient (Wildman–Crippen LogP) is 2.29. The summed E-state index contributed by atoms with van der Waals surface area (Å²) in [4.78, 5) is 11.4. The number of rotatable bonds is 4. The lowest BCUT2D eigenvalue weighted by molar-refractivity contribution is 0.0599. The van der Waals surface area contributed by atoms with Gasteiger partial charge in [0.2, 0.25) is 0 Å². The zero-order chi connectivity index (χ0) is 13.0. The second-order valence-electron chi connectivity index (χ2n) is 3.55. The average Bonchev–Trinajstić information content (AvgIpc) is 2.28. The molecule has 0 bridgehead atoms. The first-order chi connectivity index (χ1) is 8.01. The Morgan fingerprint density at radius 3 is 2.71 bits per heavy atom. The van der Waals surface area contributed by atoms with Gasteiger partial charge in [-0.05, 0) is 26.0 Å². The standard InChI is InChI=1S/C12H16FNO3/c1-4-17-7(2)8-5-9(12(15)16-3)11(14)6-10(8)13/h5-7H,4,14H2,1-3H3. The second kappa shape index (κ2) is 5.63.